The molecule has 0 aliphatic rings. The van der Waals surface area contributed by atoms with E-state index in [0.717, 1.165) is 22.7 Å². The van der Waals surface area contributed by atoms with E-state index < -0.39 is 0 Å². The molecule has 0 saturated heterocycles. The van der Waals surface area contributed by atoms with Crippen LogP contribution in [-0.4, -0.2) is 11.2 Å². The molecule has 1 N–H and O–H groups in total. The topological polar surface area (TPSA) is 38.3 Å². The van der Waals surface area contributed by atoms with Crippen LogP contribution in [0.5, 0.6) is 11.5 Å². The van der Waals surface area contributed by atoms with Gasteiger partial charge >= 0.3 is 0 Å². The molecule has 0 heterocycles. The molecule has 4 heteroatoms. The normalized spacial score (nSPS) is 10.2. The Morgan fingerprint density at radius 1 is 1.15 bits per heavy atom. The van der Waals surface area contributed by atoms with Crippen LogP contribution < -0.4 is 10.1 Å². The zero-order valence-corrected chi connectivity index (χ0v) is 13.0. The van der Waals surface area contributed by atoms with Crippen LogP contribution >= 0.6 is 15.9 Å². The van der Waals surface area contributed by atoms with Crippen LogP contribution in [0, 0.1) is 13.8 Å². The number of anilines is 1. The van der Waals surface area contributed by atoms with Crippen molar-refractivity contribution in [3.63, 3.8) is 0 Å². The monoisotopic (exact) mass is 333 g/mol. The predicted octanol–water partition coefficient (Wildman–Crippen LogP) is 4.43. The summed E-state index contributed by atoms with van der Waals surface area (Å²) in [6, 6.07) is 13.3. The molecule has 0 radical (unpaired) electrons. The van der Waals surface area contributed by atoms with Gasteiger partial charge in [-0.2, -0.15) is 0 Å². The molecule has 2 aromatic rings. The number of benzene rings is 2. The van der Waals surface area contributed by atoms with E-state index in [-0.39, 0.29) is 11.2 Å². The first kappa shape index (κ1) is 14.6. The van der Waals surface area contributed by atoms with E-state index in [0.29, 0.717) is 0 Å². The second-order valence-electron chi connectivity index (χ2n) is 4.51. The Hall–Kier alpha value is -1.81. The molecule has 0 fully saturated rings. The quantitative estimate of drug-likeness (QED) is 0.840. The maximum absolute atomic E-state index is 11.3. The SMILES string of the molecule is Cc1cccc(Oc2ccc(NC(=O)CBr)cc2)c1C. The van der Waals surface area contributed by atoms with Crippen LogP contribution in [0.4, 0.5) is 5.69 Å². The van der Waals surface area contributed by atoms with Gasteiger partial charge < -0.3 is 10.1 Å². The number of ether oxygens (including phenoxy) is 1. The molecular weight excluding hydrogens is 318 g/mol. The van der Waals surface area contributed by atoms with E-state index in [4.69, 9.17) is 4.74 Å². The highest BCUT2D eigenvalue weighted by molar-refractivity contribution is 9.09. The summed E-state index contributed by atoms with van der Waals surface area (Å²) in [5.74, 6) is 1.52. The third-order valence-corrected chi connectivity index (χ3v) is 3.55. The Kier molecular flexibility index (Phi) is 4.79. The highest BCUT2D eigenvalue weighted by atomic mass is 79.9. The first-order valence-corrected chi connectivity index (χ1v) is 7.42. The number of amides is 1. The Morgan fingerprint density at radius 3 is 2.50 bits per heavy atom. The van der Waals surface area contributed by atoms with Gasteiger partial charge in [0.2, 0.25) is 5.91 Å². The van der Waals surface area contributed by atoms with Crippen LogP contribution in [0.3, 0.4) is 0 Å². The molecule has 0 saturated carbocycles. The predicted molar refractivity (Wildman–Crippen MR) is 84.9 cm³/mol. The fraction of sp³-hybridized carbons (Fsp3) is 0.188. The van der Waals surface area contributed by atoms with Gasteiger partial charge in [-0.3, -0.25) is 4.79 Å². The molecule has 1 amide bonds. The van der Waals surface area contributed by atoms with Crippen molar-refractivity contribution in [2.75, 3.05) is 10.6 Å². The van der Waals surface area contributed by atoms with E-state index in [1.54, 1.807) is 0 Å². The van der Waals surface area contributed by atoms with Crippen molar-refractivity contribution in [2.24, 2.45) is 0 Å². The summed E-state index contributed by atoms with van der Waals surface area (Å²) in [6.07, 6.45) is 0. The average Bonchev–Trinajstić information content (AvgIpc) is 2.46. The molecule has 3 nitrogen and oxygen atoms in total. The third-order valence-electron chi connectivity index (χ3n) is 3.04. The van der Waals surface area contributed by atoms with E-state index in [2.05, 4.69) is 34.2 Å². The standard InChI is InChI=1S/C16H16BrNO2/c1-11-4-3-5-15(12(11)2)20-14-8-6-13(7-9-14)18-16(19)10-17/h3-9H,10H2,1-2H3,(H,18,19). The number of hydrogen-bond donors (Lipinski definition) is 1. The molecule has 0 aliphatic heterocycles. The maximum atomic E-state index is 11.3. The number of carbonyl (C=O) groups is 1. The molecule has 20 heavy (non-hydrogen) atoms. The number of halogens is 1. The molecule has 0 atom stereocenters. The summed E-state index contributed by atoms with van der Waals surface area (Å²) in [5, 5.41) is 3.05. The van der Waals surface area contributed by atoms with Gasteiger partial charge in [0, 0.05) is 5.69 Å². The van der Waals surface area contributed by atoms with Crippen LogP contribution in [0.15, 0.2) is 42.5 Å². The first-order valence-electron chi connectivity index (χ1n) is 6.30. The molecule has 0 aliphatic carbocycles. The van der Waals surface area contributed by atoms with Gasteiger partial charge in [0.25, 0.3) is 0 Å². The van der Waals surface area contributed by atoms with E-state index in [1.165, 1.54) is 5.56 Å². The van der Waals surface area contributed by atoms with Gasteiger partial charge in [-0.1, -0.05) is 28.1 Å². The summed E-state index contributed by atoms with van der Waals surface area (Å²) < 4.78 is 5.85. The lowest BCUT2D eigenvalue weighted by atomic mass is 10.1. The molecule has 0 bridgehead atoms. The van der Waals surface area contributed by atoms with Crippen molar-refractivity contribution in [2.45, 2.75) is 13.8 Å². The van der Waals surface area contributed by atoms with Gasteiger partial charge in [0.1, 0.15) is 11.5 Å². The maximum Gasteiger partial charge on any atom is 0.235 e. The van der Waals surface area contributed by atoms with Crippen molar-refractivity contribution in [3.05, 3.63) is 53.6 Å². The number of aryl methyl sites for hydroxylation is 1. The number of hydrogen-bond acceptors (Lipinski definition) is 2. The molecule has 0 unspecified atom stereocenters. The van der Waals surface area contributed by atoms with E-state index >= 15 is 0 Å². The van der Waals surface area contributed by atoms with Gasteiger partial charge in [0.05, 0.1) is 5.33 Å². The Morgan fingerprint density at radius 2 is 1.85 bits per heavy atom. The highest BCUT2D eigenvalue weighted by Gasteiger charge is 2.04. The van der Waals surface area contributed by atoms with Crippen LogP contribution in [0.1, 0.15) is 11.1 Å². The zero-order chi connectivity index (χ0) is 14.5. The van der Waals surface area contributed by atoms with Crippen molar-refractivity contribution in [3.8, 4) is 11.5 Å². The van der Waals surface area contributed by atoms with Gasteiger partial charge in [-0.05, 0) is 55.3 Å². The number of nitrogens with one attached hydrogen (secondary N) is 1. The lowest BCUT2D eigenvalue weighted by molar-refractivity contribution is -0.113. The fourth-order valence-electron chi connectivity index (χ4n) is 1.76. The molecule has 2 rings (SSSR count). The Balaban J connectivity index is 2.11. The molecule has 0 aromatic heterocycles. The Labute approximate surface area is 127 Å². The van der Waals surface area contributed by atoms with Gasteiger partial charge in [-0.25, -0.2) is 0 Å². The van der Waals surface area contributed by atoms with Crippen molar-refractivity contribution in [1.29, 1.82) is 0 Å². The minimum Gasteiger partial charge on any atom is -0.457 e. The fourth-order valence-corrected chi connectivity index (χ4v) is 1.90. The molecule has 104 valence electrons. The summed E-state index contributed by atoms with van der Waals surface area (Å²) in [4.78, 5) is 11.3. The van der Waals surface area contributed by atoms with Crippen LogP contribution in [-0.2, 0) is 4.79 Å². The van der Waals surface area contributed by atoms with Gasteiger partial charge in [-0.15, -0.1) is 0 Å². The number of rotatable bonds is 4. The first-order chi connectivity index (χ1) is 9.60. The number of carbonyl (C=O) groups excluding carboxylic acids is 1. The van der Waals surface area contributed by atoms with Crippen molar-refractivity contribution < 1.29 is 9.53 Å². The summed E-state index contributed by atoms with van der Waals surface area (Å²) in [7, 11) is 0. The van der Waals surface area contributed by atoms with E-state index in [1.807, 2.05) is 43.3 Å². The van der Waals surface area contributed by atoms with Crippen molar-refractivity contribution >= 4 is 27.5 Å². The third kappa shape index (κ3) is 3.61. The number of alkyl halides is 1. The molecule has 0 spiro atoms. The minimum atomic E-state index is -0.0757. The van der Waals surface area contributed by atoms with Crippen LogP contribution in [0.25, 0.3) is 0 Å². The molecular formula is C16H16BrNO2. The lowest BCUT2D eigenvalue weighted by Crippen LogP contribution is -2.11. The van der Waals surface area contributed by atoms with Gasteiger partial charge in [0.15, 0.2) is 0 Å². The molecule has 2 aromatic carbocycles. The summed E-state index contributed by atoms with van der Waals surface area (Å²) in [5.41, 5.74) is 3.08. The average molecular weight is 334 g/mol. The largest absolute Gasteiger partial charge is 0.457 e. The second kappa shape index (κ2) is 6.57. The van der Waals surface area contributed by atoms with E-state index in [9.17, 15) is 4.79 Å². The second-order valence-corrected chi connectivity index (χ2v) is 5.07. The Bertz CT molecular complexity index is 608. The zero-order valence-electron chi connectivity index (χ0n) is 11.4. The minimum absolute atomic E-state index is 0.0757. The van der Waals surface area contributed by atoms with Crippen LogP contribution in [0.2, 0.25) is 0 Å². The lowest BCUT2D eigenvalue weighted by Gasteiger charge is -2.11. The smallest absolute Gasteiger partial charge is 0.235 e. The summed E-state index contributed by atoms with van der Waals surface area (Å²) >= 11 is 3.11. The van der Waals surface area contributed by atoms with Crippen molar-refractivity contribution in [1.82, 2.24) is 0 Å². The summed E-state index contributed by atoms with van der Waals surface area (Å²) in [6.45, 7) is 4.09. The highest BCUT2D eigenvalue weighted by Crippen LogP contribution is 2.27.